The molecule has 0 N–H and O–H groups in total. The molecule has 40 heavy (non-hydrogen) atoms. The van der Waals surface area contributed by atoms with Crippen LogP contribution in [0.3, 0.4) is 0 Å². The van der Waals surface area contributed by atoms with Gasteiger partial charge in [0.05, 0.1) is 11.4 Å². The minimum Gasteiger partial charge on any atom is -0.485 e. The van der Waals surface area contributed by atoms with E-state index in [0.717, 1.165) is 72.8 Å². The third-order valence-electron chi connectivity index (χ3n) is 8.70. The summed E-state index contributed by atoms with van der Waals surface area (Å²) in [5, 5.41) is 9.63. The van der Waals surface area contributed by atoms with E-state index in [1.807, 2.05) is 23.5 Å². The van der Waals surface area contributed by atoms with Gasteiger partial charge in [0, 0.05) is 51.4 Å². The Morgan fingerprint density at radius 3 is 2.12 bits per heavy atom. The number of aryl methyl sites for hydroxylation is 5. The minimum atomic E-state index is -0.425. The molecule has 0 amide bonds. The molecule has 210 valence electrons. The van der Waals surface area contributed by atoms with Gasteiger partial charge in [-0.1, -0.05) is 36.8 Å². The van der Waals surface area contributed by atoms with Crippen LogP contribution in [-0.4, -0.2) is 30.2 Å². The summed E-state index contributed by atoms with van der Waals surface area (Å²) in [6.45, 7) is 5.63. The molecule has 0 radical (unpaired) electrons. The maximum Gasteiger partial charge on any atom is 0.164 e. The van der Waals surface area contributed by atoms with Gasteiger partial charge in [-0.05, 0) is 81.0 Å². The molecule has 1 aliphatic carbocycles. The van der Waals surface area contributed by atoms with Crippen molar-refractivity contribution in [3.8, 4) is 11.5 Å². The van der Waals surface area contributed by atoms with Crippen LogP contribution < -0.4 is 9.47 Å². The molecule has 1 aliphatic heterocycles. The highest BCUT2D eigenvalue weighted by atomic mass is 16.5. The van der Waals surface area contributed by atoms with E-state index in [1.165, 1.54) is 17.5 Å². The van der Waals surface area contributed by atoms with Crippen LogP contribution in [0.25, 0.3) is 0 Å². The van der Waals surface area contributed by atoms with E-state index >= 15 is 0 Å². The number of aromatic nitrogens is 4. The van der Waals surface area contributed by atoms with Crippen molar-refractivity contribution in [2.45, 2.75) is 83.7 Å². The van der Waals surface area contributed by atoms with Gasteiger partial charge >= 0.3 is 0 Å². The number of ether oxygens (including phenoxy) is 2. The largest absolute Gasteiger partial charge is 0.485 e. The van der Waals surface area contributed by atoms with Gasteiger partial charge in [0.1, 0.15) is 17.6 Å². The first-order valence-electron chi connectivity index (χ1n) is 14.7. The van der Waals surface area contributed by atoms with Gasteiger partial charge in [0.25, 0.3) is 0 Å². The van der Waals surface area contributed by atoms with Crippen LogP contribution in [0.15, 0.2) is 60.7 Å². The molecule has 1 atom stereocenters. The molecule has 0 bridgehead atoms. The van der Waals surface area contributed by atoms with E-state index in [9.17, 15) is 0 Å². The average molecular weight is 540 g/mol. The summed E-state index contributed by atoms with van der Waals surface area (Å²) in [6.07, 6.45) is 7.53. The number of benzene rings is 2. The predicted octanol–water partition coefficient (Wildman–Crippen LogP) is 6.58. The topological polar surface area (TPSA) is 57.3 Å². The summed E-state index contributed by atoms with van der Waals surface area (Å²) in [4.78, 5) is 2.48. The highest BCUT2D eigenvalue weighted by molar-refractivity contribution is 5.42. The van der Waals surface area contributed by atoms with E-state index in [-0.39, 0.29) is 6.10 Å². The Hall–Kier alpha value is -3.58. The SMILES string of the molecule is Cc1cc(CN(Cc2cc(C)n(C)n2)C2(Oc3ccc4c(c3)CCC(c3ccccc3)O4)CCCCC2)nn1C. The maximum atomic E-state index is 7.10. The smallest absolute Gasteiger partial charge is 0.164 e. The lowest BCUT2D eigenvalue weighted by Gasteiger charge is -2.46. The van der Waals surface area contributed by atoms with Gasteiger partial charge in [0.15, 0.2) is 5.72 Å². The molecule has 2 aromatic carbocycles. The molecule has 1 saturated carbocycles. The monoisotopic (exact) mass is 539 g/mol. The first-order chi connectivity index (χ1) is 19.4. The Bertz CT molecular complexity index is 1360. The lowest BCUT2D eigenvalue weighted by Crippen LogP contribution is -2.53. The Morgan fingerprint density at radius 1 is 0.875 bits per heavy atom. The number of rotatable bonds is 8. The Morgan fingerprint density at radius 2 is 1.52 bits per heavy atom. The molecule has 1 fully saturated rings. The second-order valence-corrected chi connectivity index (χ2v) is 11.6. The maximum absolute atomic E-state index is 7.10. The molecule has 0 saturated heterocycles. The average Bonchev–Trinajstić information content (AvgIpc) is 3.46. The lowest BCUT2D eigenvalue weighted by atomic mass is 9.89. The highest BCUT2D eigenvalue weighted by Gasteiger charge is 2.41. The summed E-state index contributed by atoms with van der Waals surface area (Å²) >= 11 is 0. The summed E-state index contributed by atoms with van der Waals surface area (Å²) < 4.78 is 17.5. The number of hydrogen-bond acceptors (Lipinski definition) is 5. The Kier molecular flexibility index (Phi) is 7.41. The van der Waals surface area contributed by atoms with Crippen LogP contribution >= 0.6 is 0 Å². The molecule has 7 nitrogen and oxygen atoms in total. The number of fused-ring (bicyclic) bond motifs is 1. The molecule has 0 spiro atoms. The third kappa shape index (κ3) is 5.52. The number of nitrogens with zero attached hydrogens (tertiary/aromatic N) is 5. The van der Waals surface area contributed by atoms with Crippen LogP contribution in [0, 0.1) is 13.8 Å². The minimum absolute atomic E-state index is 0.101. The summed E-state index contributed by atoms with van der Waals surface area (Å²) in [5.41, 5.74) is 6.48. The van der Waals surface area contributed by atoms with Gasteiger partial charge in [-0.15, -0.1) is 0 Å². The van der Waals surface area contributed by atoms with Crippen molar-refractivity contribution in [2.24, 2.45) is 14.1 Å². The second kappa shape index (κ2) is 11.1. The van der Waals surface area contributed by atoms with Crippen molar-refractivity contribution >= 4 is 0 Å². The van der Waals surface area contributed by atoms with Gasteiger partial charge in [-0.25, -0.2) is 0 Å². The fourth-order valence-electron chi connectivity index (χ4n) is 6.30. The molecule has 1 unspecified atom stereocenters. The Balaban J connectivity index is 1.29. The normalized spacial score (nSPS) is 18.4. The molecule has 6 rings (SSSR count). The van der Waals surface area contributed by atoms with E-state index in [4.69, 9.17) is 19.7 Å². The summed E-state index contributed by atoms with van der Waals surface area (Å²) in [5.74, 6) is 1.89. The van der Waals surface area contributed by atoms with Crippen molar-refractivity contribution in [1.29, 1.82) is 0 Å². The van der Waals surface area contributed by atoms with Gasteiger partial charge in [0.2, 0.25) is 0 Å². The third-order valence-corrected chi connectivity index (χ3v) is 8.70. The van der Waals surface area contributed by atoms with Gasteiger partial charge < -0.3 is 9.47 Å². The van der Waals surface area contributed by atoms with Crippen molar-refractivity contribution in [3.63, 3.8) is 0 Å². The van der Waals surface area contributed by atoms with Crippen LogP contribution in [-0.2, 0) is 33.6 Å². The van der Waals surface area contributed by atoms with Gasteiger partial charge in [-0.3, -0.25) is 14.3 Å². The first-order valence-corrected chi connectivity index (χ1v) is 14.7. The van der Waals surface area contributed by atoms with E-state index in [1.54, 1.807) is 0 Å². The van der Waals surface area contributed by atoms with Crippen LogP contribution in [0.1, 0.15) is 78.5 Å². The molecule has 7 heteroatoms. The lowest BCUT2D eigenvalue weighted by molar-refractivity contribution is -0.121. The van der Waals surface area contributed by atoms with Crippen molar-refractivity contribution in [3.05, 3.63) is 94.6 Å². The predicted molar refractivity (Wildman–Crippen MR) is 156 cm³/mol. The quantitative estimate of drug-likeness (QED) is 0.237. The van der Waals surface area contributed by atoms with Crippen molar-refractivity contribution in [2.75, 3.05) is 0 Å². The van der Waals surface area contributed by atoms with Crippen LogP contribution in [0.4, 0.5) is 0 Å². The molecule has 3 heterocycles. The van der Waals surface area contributed by atoms with E-state index in [2.05, 4.69) is 79.4 Å². The number of hydrogen-bond donors (Lipinski definition) is 0. The van der Waals surface area contributed by atoms with E-state index in [0.29, 0.717) is 13.1 Å². The van der Waals surface area contributed by atoms with E-state index < -0.39 is 5.72 Å². The highest BCUT2D eigenvalue weighted by Crippen LogP contribution is 2.41. The molecular weight excluding hydrogens is 498 g/mol. The molecule has 4 aromatic rings. The van der Waals surface area contributed by atoms with Crippen molar-refractivity contribution < 1.29 is 9.47 Å². The Labute approximate surface area is 237 Å². The van der Waals surface area contributed by atoms with Crippen LogP contribution in [0.2, 0.25) is 0 Å². The zero-order valence-corrected chi connectivity index (χ0v) is 24.3. The second-order valence-electron chi connectivity index (χ2n) is 11.6. The zero-order chi connectivity index (χ0) is 27.7. The fourth-order valence-corrected chi connectivity index (χ4v) is 6.30. The van der Waals surface area contributed by atoms with Gasteiger partial charge in [-0.2, -0.15) is 10.2 Å². The standard InChI is InChI=1S/C33H41N5O2/c1-24-19-28(34-36(24)3)22-38(23-29-20-25(2)37(4)35-29)33(17-9-6-10-18-33)40-30-14-16-32-27(21-30)13-15-31(39-32)26-11-7-5-8-12-26/h5,7-8,11-12,14,16,19-21,31H,6,9-10,13,15,17-18,22-23H2,1-4H3. The van der Waals surface area contributed by atoms with Crippen LogP contribution in [0.5, 0.6) is 11.5 Å². The summed E-state index contributed by atoms with van der Waals surface area (Å²) in [7, 11) is 4.02. The molecular formula is C33H41N5O2. The first kappa shape index (κ1) is 26.6. The summed E-state index contributed by atoms with van der Waals surface area (Å²) in [6, 6.07) is 21.3. The zero-order valence-electron chi connectivity index (χ0n) is 24.3. The van der Waals surface area contributed by atoms with Crippen molar-refractivity contribution in [1.82, 2.24) is 24.5 Å². The fraction of sp³-hybridized carbons (Fsp3) is 0.455. The molecule has 2 aliphatic rings. The molecule has 2 aromatic heterocycles.